The maximum absolute atomic E-state index is 12.9. The lowest BCUT2D eigenvalue weighted by Gasteiger charge is -2.36. The Morgan fingerprint density at radius 2 is 1.93 bits per heavy atom. The molecule has 0 atom stereocenters. The standard InChI is InChI=1S/C21H28N4O2/c1-16(2)15-23-20-14-17(8-9-22-20)21(26)25-12-10-24(11-13-25)18-6-4-5-7-19(18)27-3/h4-9,14,16H,10-13,15H2,1-3H3,(H,22,23). The summed E-state index contributed by atoms with van der Waals surface area (Å²) in [5.74, 6) is 2.20. The van der Waals surface area contributed by atoms with E-state index < -0.39 is 0 Å². The van der Waals surface area contributed by atoms with E-state index in [2.05, 4.69) is 35.1 Å². The lowest BCUT2D eigenvalue weighted by Crippen LogP contribution is -2.48. The summed E-state index contributed by atoms with van der Waals surface area (Å²) in [6.07, 6.45) is 1.70. The molecule has 1 aliphatic heterocycles. The van der Waals surface area contributed by atoms with E-state index in [0.717, 1.165) is 36.9 Å². The number of rotatable bonds is 6. The van der Waals surface area contributed by atoms with Gasteiger partial charge in [0.05, 0.1) is 12.8 Å². The number of pyridine rings is 1. The highest BCUT2D eigenvalue weighted by atomic mass is 16.5. The smallest absolute Gasteiger partial charge is 0.254 e. The van der Waals surface area contributed by atoms with Gasteiger partial charge >= 0.3 is 0 Å². The summed E-state index contributed by atoms with van der Waals surface area (Å²) in [4.78, 5) is 21.4. The Balaban J connectivity index is 1.62. The number of ether oxygens (including phenoxy) is 1. The summed E-state index contributed by atoms with van der Waals surface area (Å²) in [6, 6.07) is 11.6. The number of carbonyl (C=O) groups is 1. The number of nitrogens with one attached hydrogen (secondary N) is 1. The van der Waals surface area contributed by atoms with E-state index in [4.69, 9.17) is 4.74 Å². The summed E-state index contributed by atoms with van der Waals surface area (Å²) in [7, 11) is 1.69. The lowest BCUT2D eigenvalue weighted by atomic mass is 10.2. The monoisotopic (exact) mass is 368 g/mol. The summed E-state index contributed by atoms with van der Waals surface area (Å²) < 4.78 is 5.46. The first-order valence-electron chi connectivity index (χ1n) is 9.45. The zero-order chi connectivity index (χ0) is 19.2. The van der Waals surface area contributed by atoms with E-state index in [1.807, 2.05) is 29.2 Å². The van der Waals surface area contributed by atoms with Crippen LogP contribution in [-0.2, 0) is 0 Å². The summed E-state index contributed by atoms with van der Waals surface area (Å²) in [5.41, 5.74) is 1.76. The molecule has 144 valence electrons. The van der Waals surface area contributed by atoms with Crippen molar-refractivity contribution >= 4 is 17.4 Å². The van der Waals surface area contributed by atoms with Crippen LogP contribution in [0.4, 0.5) is 11.5 Å². The van der Waals surface area contributed by atoms with Gasteiger partial charge in [-0.25, -0.2) is 4.98 Å². The van der Waals surface area contributed by atoms with Gasteiger partial charge in [0.25, 0.3) is 5.91 Å². The highest BCUT2D eigenvalue weighted by Crippen LogP contribution is 2.28. The van der Waals surface area contributed by atoms with Crippen LogP contribution in [0, 0.1) is 5.92 Å². The van der Waals surface area contributed by atoms with Crippen LogP contribution in [0.2, 0.25) is 0 Å². The van der Waals surface area contributed by atoms with Crippen molar-refractivity contribution in [2.24, 2.45) is 5.92 Å². The molecule has 27 heavy (non-hydrogen) atoms. The molecule has 2 aromatic rings. The fourth-order valence-electron chi connectivity index (χ4n) is 3.19. The number of amides is 1. The fourth-order valence-corrected chi connectivity index (χ4v) is 3.19. The van der Waals surface area contributed by atoms with Crippen LogP contribution in [-0.4, -0.2) is 55.6 Å². The van der Waals surface area contributed by atoms with Gasteiger partial charge < -0.3 is 19.9 Å². The Morgan fingerprint density at radius 1 is 1.19 bits per heavy atom. The van der Waals surface area contributed by atoms with Crippen LogP contribution in [0.25, 0.3) is 0 Å². The molecule has 0 saturated carbocycles. The van der Waals surface area contributed by atoms with Crippen LogP contribution in [0.15, 0.2) is 42.6 Å². The number of aromatic nitrogens is 1. The molecule has 1 aromatic heterocycles. The molecule has 0 bridgehead atoms. The fraction of sp³-hybridized carbons (Fsp3) is 0.429. The van der Waals surface area contributed by atoms with Crippen LogP contribution in [0.1, 0.15) is 24.2 Å². The van der Waals surface area contributed by atoms with E-state index >= 15 is 0 Å². The van der Waals surface area contributed by atoms with Crippen molar-refractivity contribution in [3.63, 3.8) is 0 Å². The quantitative estimate of drug-likeness (QED) is 0.849. The molecule has 3 rings (SSSR count). The first-order valence-corrected chi connectivity index (χ1v) is 9.45. The van der Waals surface area contributed by atoms with E-state index in [1.165, 1.54) is 0 Å². The van der Waals surface area contributed by atoms with E-state index in [-0.39, 0.29) is 5.91 Å². The second-order valence-corrected chi connectivity index (χ2v) is 7.16. The minimum atomic E-state index is 0.0599. The predicted octanol–water partition coefficient (Wildman–Crippen LogP) is 3.12. The van der Waals surface area contributed by atoms with E-state index in [9.17, 15) is 4.79 Å². The second-order valence-electron chi connectivity index (χ2n) is 7.16. The van der Waals surface area contributed by atoms with E-state index in [1.54, 1.807) is 19.4 Å². The second kappa shape index (κ2) is 8.75. The number of para-hydroxylation sites is 2. The van der Waals surface area contributed by atoms with Crippen molar-refractivity contribution < 1.29 is 9.53 Å². The van der Waals surface area contributed by atoms with Crippen molar-refractivity contribution in [3.05, 3.63) is 48.2 Å². The van der Waals surface area contributed by atoms with Gasteiger partial charge in [0.15, 0.2) is 0 Å². The molecule has 6 heteroatoms. The molecule has 1 amide bonds. The van der Waals surface area contributed by atoms with Crippen LogP contribution in [0.5, 0.6) is 5.75 Å². The van der Waals surface area contributed by atoms with Gasteiger partial charge in [-0.2, -0.15) is 0 Å². The number of hydrogen-bond donors (Lipinski definition) is 1. The molecular weight excluding hydrogens is 340 g/mol. The maximum atomic E-state index is 12.9. The molecule has 1 saturated heterocycles. The number of hydrogen-bond acceptors (Lipinski definition) is 5. The number of nitrogens with zero attached hydrogens (tertiary/aromatic N) is 3. The van der Waals surface area contributed by atoms with Crippen LogP contribution < -0.4 is 15.0 Å². The van der Waals surface area contributed by atoms with Crippen molar-refractivity contribution in [1.29, 1.82) is 0 Å². The van der Waals surface area contributed by atoms with Crippen molar-refractivity contribution in [2.45, 2.75) is 13.8 Å². The molecule has 0 radical (unpaired) electrons. The molecule has 6 nitrogen and oxygen atoms in total. The third-order valence-corrected chi connectivity index (χ3v) is 4.69. The third-order valence-electron chi connectivity index (χ3n) is 4.69. The Hall–Kier alpha value is -2.76. The zero-order valence-corrected chi connectivity index (χ0v) is 16.3. The van der Waals surface area contributed by atoms with Crippen molar-refractivity contribution in [3.8, 4) is 5.75 Å². The first kappa shape index (κ1) is 19.0. The Labute approximate surface area is 161 Å². The molecule has 1 aliphatic rings. The van der Waals surface area contributed by atoms with E-state index in [0.29, 0.717) is 24.6 Å². The van der Waals surface area contributed by atoms with Gasteiger partial charge in [-0.1, -0.05) is 26.0 Å². The highest BCUT2D eigenvalue weighted by molar-refractivity contribution is 5.95. The lowest BCUT2D eigenvalue weighted by molar-refractivity contribution is 0.0746. The van der Waals surface area contributed by atoms with Gasteiger partial charge in [-0.3, -0.25) is 4.79 Å². The number of methoxy groups -OCH3 is 1. The summed E-state index contributed by atoms with van der Waals surface area (Å²) in [5, 5.41) is 3.28. The van der Waals surface area contributed by atoms with Gasteiger partial charge in [0, 0.05) is 44.5 Å². The highest BCUT2D eigenvalue weighted by Gasteiger charge is 2.24. The average molecular weight is 368 g/mol. The van der Waals surface area contributed by atoms with Gasteiger partial charge in [-0.15, -0.1) is 0 Å². The molecule has 0 spiro atoms. The Morgan fingerprint density at radius 3 is 2.63 bits per heavy atom. The van der Waals surface area contributed by atoms with Gasteiger partial charge in [0.2, 0.25) is 0 Å². The predicted molar refractivity (Wildman–Crippen MR) is 109 cm³/mol. The zero-order valence-electron chi connectivity index (χ0n) is 16.3. The maximum Gasteiger partial charge on any atom is 0.254 e. The minimum absolute atomic E-state index is 0.0599. The van der Waals surface area contributed by atoms with Gasteiger partial charge in [-0.05, 0) is 30.2 Å². The minimum Gasteiger partial charge on any atom is -0.495 e. The normalized spacial score (nSPS) is 14.4. The molecule has 1 aromatic carbocycles. The topological polar surface area (TPSA) is 57.7 Å². The molecular formula is C21H28N4O2. The largest absolute Gasteiger partial charge is 0.495 e. The molecule has 2 heterocycles. The first-order chi connectivity index (χ1) is 13.1. The van der Waals surface area contributed by atoms with Crippen molar-refractivity contribution in [2.75, 3.05) is 50.1 Å². The number of piperazine rings is 1. The van der Waals surface area contributed by atoms with Crippen LogP contribution in [0.3, 0.4) is 0 Å². The summed E-state index contributed by atoms with van der Waals surface area (Å²) in [6.45, 7) is 8.07. The molecule has 0 unspecified atom stereocenters. The Kier molecular flexibility index (Phi) is 6.16. The molecule has 1 fully saturated rings. The molecule has 0 aliphatic carbocycles. The average Bonchev–Trinajstić information content (AvgIpc) is 2.72. The number of carbonyl (C=O) groups excluding carboxylic acids is 1. The molecule has 1 N–H and O–H groups in total. The summed E-state index contributed by atoms with van der Waals surface area (Å²) >= 11 is 0. The third kappa shape index (κ3) is 4.70. The number of anilines is 2. The van der Waals surface area contributed by atoms with Gasteiger partial charge in [0.1, 0.15) is 11.6 Å². The van der Waals surface area contributed by atoms with Crippen molar-refractivity contribution in [1.82, 2.24) is 9.88 Å². The number of benzene rings is 1. The SMILES string of the molecule is COc1ccccc1N1CCN(C(=O)c2ccnc(NCC(C)C)c2)CC1. The Bertz CT molecular complexity index is 770. The van der Waals surface area contributed by atoms with Crippen LogP contribution >= 0.6 is 0 Å².